The van der Waals surface area contributed by atoms with Gasteiger partial charge in [-0.25, -0.2) is 0 Å². The van der Waals surface area contributed by atoms with Crippen molar-refractivity contribution in [3.8, 4) is 5.75 Å². The molecule has 1 amide bonds. The molecule has 0 fully saturated rings. The molecule has 5 heteroatoms. The summed E-state index contributed by atoms with van der Waals surface area (Å²) in [6, 6.07) is 7.24. The normalized spacial score (nSPS) is 10.2. The molecule has 1 aromatic rings. The topological polar surface area (TPSA) is 59.6 Å². The van der Waals surface area contributed by atoms with Gasteiger partial charge in [-0.15, -0.1) is 0 Å². The average molecular weight is 266 g/mol. The number of carbonyl (C=O) groups is 1. The van der Waals surface area contributed by atoms with Crippen LogP contribution in [0.3, 0.4) is 0 Å². The number of rotatable bonds is 9. The minimum absolute atomic E-state index is 0.0541. The van der Waals surface area contributed by atoms with Crippen LogP contribution in [0.1, 0.15) is 13.3 Å². The quantitative estimate of drug-likeness (QED) is 0.667. The van der Waals surface area contributed by atoms with Gasteiger partial charge in [0.25, 0.3) is 0 Å². The molecule has 0 aromatic heterocycles. The van der Waals surface area contributed by atoms with E-state index in [0.29, 0.717) is 6.54 Å². The Labute approximate surface area is 114 Å². The van der Waals surface area contributed by atoms with Crippen LogP contribution in [-0.4, -0.2) is 39.3 Å². The number of anilines is 1. The van der Waals surface area contributed by atoms with Gasteiger partial charge in [0.05, 0.1) is 13.7 Å². The van der Waals surface area contributed by atoms with Gasteiger partial charge in [0.15, 0.2) is 0 Å². The summed E-state index contributed by atoms with van der Waals surface area (Å²) in [5, 5.41) is 5.88. The second kappa shape index (κ2) is 9.35. The first-order valence-electron chi connectivity index (χ1n) is 6.48. The molecule has 0 spiro atoms. The van der Waals surface area contributed by atoms with Crippen LogP contribution in [-0.2, 0) is 9.53 Å². The molecule has 0 bridgehead atoms. The number of amides is 1. The molecule has 19 heavy (non-hydrogen) atoms. The molecule has 0 saturated heterocycles. The Morgan fingerprint density at radius 2 is 2.00 bits per heavy atom. The van der Waals surface area contributed by atoms with E-state index in [1.165, 1.54) is 0 Å². The largest absolute Gasteiger partial charge is 0.497 e. The first kappa shape index (κ1) is 15.5. The molecule has 0 unspecified atom stereocenters. The summed E-state index contributed by atoms with van der Waals surface area (Å²) in [4.78, 5) is 11.6. The Morgan fingerprint density at radius 1 is 1.26 bits per heavy atom. The van der Waals surface area contributed by atoms with Gasteiger partial charge >= 0.3 is 0 Å². The zero-order valence-electron chi connectivity index (χ0n) is 11.6. The Morgan fingerprint density at radius 3 is 2.63 bits per heavy atom. The van der Waals surface area contributed by atoms with E-state index in [2.05, 4.69) is 10.6 Å². The lowest BCUT2D eigenvalue weighted by atomic mass is 10.3. The van der Waals surface area contributed by atoms with Crippen LogP contribution in [0.2, 0.25) is 0 Å². The van der Waals surface area contributed by atoms with Gasteiger partial charge in [0.2, 0.25) is 5.91 Å². The maximum atomic E-state index is 11.6. The summed E-state index contributed by atoms with van der Waals surface area (Å²) in [6.07, 6.45) is 0.906. The minimum Gasteiger partial charge on any atom is -0.497 e. The van der Waals surface area contributed by atoms with Gasteiger partial charge in [0, 0.05) is 18.9 Å². The lowest BCUT2D eigenvalue weighted by Gasteiger charge is -2.07. The standard InChI is InChI=1S/C14H22N2O3/c1-3-19-10-4-9-15-11-14(17)16-12-5-7-13(18-2)8-6-12/h5-8,15H,3-4,9-11H2,1-2H3,(H,16,17). The van der Waals surface area contributed by atoms with E-state index in [1.54, 1.807) is 7.11 Å². The second-order valence-corrected chi connectivity index (χ2v) is 4.00. The highest BCUT2D eigenvalue weighted by Gasteiger charge is 2.01. The van der Waals surface area contributed by atoms with Crippen molar-refractivity contribution in [2.45, 2.75) is 13.3 Å². The van der Waals surface area contributed by atoms with Gasteiger partial charge in [-0.05, 0) is 44.2 Å². The minimum atomic E-state index is -0.0541. The number of ether oxygens (including phenoxy) is 2. The summed E-state index contributed by atoms with van der Waals surface area (Å²) in [5.74, 6) is 0.716. The molecule has 0 atom stereocenters. The van der Waals surface area contributed by atoms with Crippen LogP contribution in [0.4, 0.5) is 5.69 Å². The van der Waals surface area contributed by atoms with Gasteiger partial charge in [-0.3, -0.25) is 4.79 Å². The summed E-state index contributed by atoms with van der Waals surface area (Å²) < 4.78 is 10.3. The third kappa shape index (κ3) is 6.79. The van der Waals surface area contributed by atoms with Crippen molar-refractivity contribution < 1.29 is 14.3 Å². The summed E-state index contributed by atoms with van der Waals surface area (Å²) >= 11 is 0. The van der Waals surface area contributed by atoms with Crippen LogP contribution in [0.25, 0.3) is 0 Å². The van der Waals surface area contributed by atoms with Crippen molar-refractivity contribution in [3.63, 3.8) is 0 Å². The van der Waals surface area contributed by atoms with Gasteiger partial charge in [0.1, 0.15) is 5.75 Å². The fourth-order valence-corrected chi connectivity index (χ4v) is 1.53. The van der Waals surface area contributed by atoms with Gasteiger partial charge in [-0.2, -0.15) is 0 Å². The van der Waals surface area contributed by atoms with Gasteiger partial charge < -0.3 is 20.1 Å². The van der Waals surface area contributed by atoms with E-state index >= 15 is 0 Å². The molecular formula is C14H22N2O3. The van der Waals surface area contributed by atoms with Crippen LogP contribution < -0.4 is 15.4 Å². The summed E-state index contributed by atoms with van der Waals surface area (Å²) in [6.45, 7) is 4.51. The number of benzene rings is 1. The smallest absolute Gasteiger partial charge is 0.238 e. The van der Waals surface area contributed by atoms with Crippen LogP contribution >= 0.6 is 0 Å². The predicted octanol–water partition coefficient (Wildman–Crippen LogP) is 1.65. The number of hydrogen-bond donors (Lipinski definition) is 2. The fourth-order valence-electron chi connectivity index (χ4n) is 1.53. The summed E-state index contributed by atoms with van der Waals surface area (Å²) in [7, 11) is 1.61. The highest BCUT2D eigenvalue weighted by molar-refractivity contribution is 5.92. The van der Waals surface area contributed by atoms with Crippen LogP contribution in [0, 0.1) is 0 Å². The third-order valence-corrected chi connectivity index (χ3v) is 2.51. The molecule has 0 radical (unpaired) electrons. The molecule has 1 aromatic carbocycles. The van der Waals surface area contributed by atoms with Crippen molar-refractivity contribution in [2.24, 2.45) is 0 Å². The van der Waals surface area contributed by atoms with E-state index in [9.17, 15) is 4.79 Å². The lowest BCUT2D eigenvalue weighted by molar-refractivity contribution is -0.115. The molecule has 1 rings (SSSR count). The highest BCUT2D eigenvalue weighted by Crippen LogP contribution is 2.14. The Balaban J connectivity index is 2.16. The molecule has 0 aliphatic carbocycles. The number of carbonyl (C=O) groups excluding carboxylic acids is 1. The third-order valence-electron chi connectivity index (χ3n) is 2.51. The van der Waals surface area contributed by atoms with E-state index in [1.807, 2.05) is 31.2 Å². The maximum absolute atomic E-state index is 11.6. The number of nitrogens with one attached hydrogen (secondary N) is 2. The lowest BCUT2D eigenvalue weighted by Crippen LogP contribution is -2.29. The molecule has 5 nitrogen and oxygen atoms in total. The average Bonchev–Trinajstić information content (AvgIpc) is 2.43. The Bertz CT molecular complexity index is 365. The van der Waals surface area contributed by atoms with Crippen molar-refractivity contribution >= 4 is 11.6 Å². The van der Waals surface area contributed by atoms with Crippen molar-refractivity contribution in [3.05, 3.63) is 24.3 Å². The van der Waals surface area contributed by atoms with Crippen LogP contribution in [0.15, 0.2) is 24.3 Å². The number of hydrogen-bond acceptors (Lipinski definition) is 4. The molecular weight excluding hydrogens is 244 g/mol. The zero-order chi connectivity index (χ0) is 13.9. The fraction of sp³-hybridized carbons (Fsp3) is 0.500. The van der Waals surface area contributed by atoms with Gasteiger partial charge in [-0.1, -0.05) is 0 Å². The first-order chi connectivity index (χ1) is 9.26. The SMILES string of the molecule is CCOCCCNCC(=O)Nc1ccc(OC)cc1. The van der Waals surface area contributed by atoms with Crippen LogP contribution in [0.5, 0.6) is 5.75 Å². The molecule has 2 N–H and O–H groups in total. The van der Waals surface area contributed by atoms with E-state index in [-0.39, 0.29) is 5.91 Å². The molecule has 0 aliphatic heterocycles. The molecule has 106 valence electrons. The second-order valence-electron chi connectivity index (χ2n) is 4.00. The molecule has 0 saturated carbocycles. The monoisotopic (exact) mass is 266 g/mol. The Hall–Kier alpha value is -1.59. The zero-order valence-corrected chi connectivity index (χ0v) is 11.6. The van der Waals surface area contributed by atoms with Crippen molar-refractivity contribution in [2.75, 3.05) is 38.7 Å². The maximum Gasteiger partial charge on any atom is 0.238 e. The molecule has 0 aliphatic rings. The highest BCUT2D eigenvalue weighted by atomic mass is 16.5. The van der Waals surface area contributed by atoms with E-state index < -0.39 is 0 Å². The van der Waals surface area contributed by atoms with E-state index in [0.717, 1.165) is 37.6 Å². The predicted molar refractivity (Wildman–Crippen MR) is 75.6 cm³/mol. The number of methoxy groups -OCH3 is 1. The first-order valence-corrected chi connectivity index (χ1v) is 6.48. The molecule has 0 heterocycles. The Kier molecular flexibility index (Phi) is 7.62. The summed E-state index contributed by atoms with van der Waals surface area (Å²) in [5.41, 5.74) is 0.766. The van der Waals surface area contributed by atoms with Crippen molar-refractivity contribution in [1.29, 1.82) is 0 Å². The van der Waals surface area contributed by atoms with Crippen molar-refractivity contribution in [1.82, 2.24) is 5.32 Å². The van der Waals surface area contributed by atoms with E-state index in [4.69, 9.17) is 9.47 Å².